The van der Waals surface area contributed by atoms with Gasteiger partial charge in [-0.3, -0.25) is 4.79 Å². The predicted molar refractivity (Wildman–Crippen MR) is 148 cm³/mol. The molecule has 12 heteroatoms. The number of benzene rings is 2. The molecule has 0 aliphatic heterocycles. The second-order valence-electron chi connectivity index (χ2n) is 10.8. The summed E-state index contributed by atoms with van der Waals surface area (Å²) in [5, 5.41) is 17.3. The van der Waals surface area contributed by atoms with E-state index >= 15 is 0 Å². The SMILES string of the molecule is C[C@H](O)C(=O)N(CCCN)[C@@H](c1cc(-c2cc(F)ccc2F)cn1Cc1ccccc1)C(C)(C)C.O=C(O)C(F)(F)F. The van der Waals surface area contributed by atoms with E-state index < -0.39 is 47.2 Å². The van der Waals surface area contributed by atoms with Crippen LogP contribution in [0.15, 0.2) is 60.8 Å². The minimum Gasteiger partial charge on any atom is -0.475 e. The van der Waals surface area contributed by atoms with E-state index in [2.05, 4.69) is 0 Å². The van der Waals surface area contributed by atoms with Gasteiger partial charge in [-0.2, -0.15) is 13.2 Å². The van der Waals surface area contributed by atoms with E-state index in [1.54, 1.807) is 11.1 Å². The van der Waals surface area contributed by atoms with Gasteiger partial charge in [-0.25, -0.2) is 13.6 Å². The van der Waals surface area contributed by atoms with Crippen molar-refractivity contribution >= 4 is 11.9 Å². The first-order valence-electron chi connectivity index (χ1n) is 13.2. The predicted octanol–water partition coefficient (Wildman–Crippen LogP) is 5.76. The number of aliphatic carboxylic acids is 1. The number of nitrogens with zero attached hydrogens (tertiary/aromatic N) is 2. The molecule has 0 radical (unpaired) electrons. The maximum atomic E-state index is 14.7. The number of amides is 1. The summed E-state index contributed by atoms with van der Waals surface area (Å²) in [4.78, 5) is 23.7. The molecule has 4 N–H and O–H groups in total. The third-order valence-corrected chi connectivity index (χ3v) is 6.26. The highest BCUT2D eigenvalue weighted by molar-refractivity contribution is 5.81. The maximum absolute atomic E-state index is 14.7. The first-order chi connectivity index (χ1) is 19.5. The van der Waals surface area contributed by atoms with Crippen LogP contribution in [0.5, 0.6) is 0 Å². The van der Waals surface area contributed by atoms with Gasteiger partial charge >= 0.3 is 12.1 Å². The topological polar surface area (TPSA) is 109 Å². The summed E-state index contributed by atoms with van der Waals surface area (Å²) in [5.41, 5.74) is 7.79. The molecule has 0 aliphatic rings. The van der Waals surface area contributed by atoms with Crippen LogP contribution in [0.2, 0.25) is 0 Å². The average molecular weight is 598 g/mol. The Balaban J connectivity index is 0.000000782. The van der Waals surface area contributed by atoms with Crippen molar-refractivity contribution in [1.29, 1.82) is 0 Å². The number of carboxylic acids is 1. The number of carboxylic acid groups (broad SMARTS) is 1. The Morgan fingerprint density at radius 3 is 2.12 bits per heavy atom. The van der Waals surface area contributed by atoms with Crippen molar-refractivity contribution in [3.05, 3.63) is 83.7 Å². The zero-order chi connectivity index (χ0) is 31.8. The minimum absolute atomic E-state index is 0.154. The van der Waals surface area contributed by atoms with E-state index in [9.17, 15) is 31.9 Å². The molecule has 0 aliphatic carbocycles. The number of hydrogen-bond acceptors (Lipinski definition) is 4. The third kappa shape index (κ3) is 9.38. The molecule has 0 saturated heterocycles. The van der Waals surface area contributed by atoms with Crippen LogP contribution in [0.1, 0.15) is 51.4 Å². The molecule has 42 heavy (non-hydrogen) atoms. The molecule has 1 amide bonds. The Morgan fingerprint density at radius 2 is 1.62 bits per heavy atom. The number of aromatic nitrogens is 1. The summed E-state index contributed by atoms with van der Waals surface area (Å²) in [7, 11) is 0. The number of halogens is 5. The highest BCUT2D eigenvalue weighted by atomic mass is 19.4. The summed E-state index contributed by atoms with van der Waals surface area (Å²) in [6, 6.07) is 14.6. The first-order valence-corrected chi connectivity index (χ1v) is 13.2. The van der Waals surface area contributed by atoms with Crippen molar-refractivity contribution in [2.75, 3.05) is 13.1 Å². The molecule has 0 saturated carbocycles. The lowest BCUT2D eigenvalue weighted by atomic mass is 9.82. The lowest BCUT2D eigenvalue weighted by Crippen LogP contribution is -2.46. The molecule has 2 aromatic carbocycles. The van der Waals surface area contributed by atoms with Crippen LogP contribution in [-0.2, 0) is 16.1 Å². The van der Waals surface area contributed by atoms with Crippen molar-refractivity contribution in [3.8, 4) is 11.1 Å². The van der Waals surface area contributed by atoms with Crippen molar-refractivity contribution < 1.29 is 41.8 Å². The Bertz CT molecular complexity index is 1330. The van der Waals surface area contributed by atoms with Crippen LogP contribution >= 0.6 is 0 Å². The minimum atomic E-state index is -5.08. The largest absolute Gasteiger partial charge is 0.490 e. The van der Waals surface area contributed by atoms with Crippen LogP contribution in [0.3, 0.4) is 0 Å². The number of aliphatic hydroxyl groups is 1. The third-order valence-electron chi connectivity index (χ3n) is 6.26. The molecule has 1 aromatic heterocycles. The zero-order valence-corrected chi connectivity index (χ0v) is 23.8. The molecule has 0 unspecified atom stereocenters. The number of rotatable bonds is 9. The number of aliphatic hydroxyl groups excluding tert-OH is 1. The van der Waals surface area contributed by atoms with Gasteiger partial charge in [0.2, 0.25) is 0 Å². The highest BCUT2D eigenvalue weighted by Gasteiger charge is 2.39. The van der Waals surface area contributed by atoms with Crippen LogP contribution in [0.25, 0.3) is 11.1 Å². The molecule has 3 rings (SSSR count). The lowest BCUT2D eigenvalue weighted by Gasteiger charge is -2.41. The summed E-state index contributed by atoms with van der Waals surface area (Å²) in [6.45, 7) is 8.75. The van der Waals surface area contributed by atoms with Crippen LogP contribution in [0, 0.1) is 17.0 Å². The number of carbonyl (C=O) groups is 2. The normalized spacial score (nSPS) is 13.1. The molecule has 0 spiro atoms. The molecule has 230 valence electrons. The summed E-state index contributed by atoms with van der Waals surface area (Å²) in [6.07, 6.45) is -3.90. The molecule has 7 nitrogen and oxygen atoms in total. The molecule has 2 atom stereocenters. The lowest BCUT2D eigenvalue weighted by molar-refractivity contribution is -0.192. The van der Waals surface area contributed by atoms with Crippen molar-refractivity contribution in [2.45, 2.75) is 59.0 Å². The van der Waals surface area contributed by atoms with Gasteiger partial charge in [-0.05, 0) is 55.1 Å². The van der Waals surface area contributed by atoms with E-state index in [1.807, 2.05) is 61.7 Å². The van der Waals surface area contributed by atoms with Gasteiger partial charge in [-0.15, -0.1) is 0 Å². The van der Waals surface area contributed by atoms with E-state index in [0.29, 0.717) is 31.6 Å². The van der Waals surface area contributed by atoms with E-state index in [1.165, 1.54) is 13.0 Å². The highest BCUT2D eigenvalue weighted by Crippen LogP contribution is 2.41. The summed E-state index contributed by atoms with van der Waals surface area (Å²) < 4.78 is 62.5. The number of nitrogens with two attached hydrogens (primary N) is 1. The van der Waals surface area contributed by atoms with Crippen molar-refractivity contribution in [2.24, 2.45) is 11.1 Å². The van der Waals surface area contributed by atoms with Gasteiger partial charge in [0.25, 0.3) is 5.91 Å². The van der Waals surface area contributed by atoms with E-state index in [-0.39, 0.29) is 5.56 Å². The fraction of sp³-hybridized carbons (Fsp3) is 0.400. The second kappa shape index (κ2) is 14.4. The van der Waals surface area contributed by atoms with Crippen LogP contribution in [-0.4, -0.2) is 56.9 Å². The molecular formula is C30H36F5N3O4. The van der Waals surface area contributed by atoms with Crippen molar-refractivity contribution in [3.63, 3.8) is 0 Å². The van der Waals surface area contributed by atoms with Gasteiger partial charge in [0.15, 0.2) is 0 Å². The van der Waals surface area contributed by atoms with Gasteiger partial charge in [0.1, 0.15) is 17.7 Å². The van der Waals surface area contributed by atoms with Gasteiger partial charge in [0.05, 0.1) is 6.04 Å². The van der Waals surface area contributed by atoms with Gasteiger partial charge < -0.3 is 25.4 Å². The zero-order valence-electron chi connectivity index (χ0n) is 23.8. The Kier molecular flexibility index (Phi) is 11.8. The first kappa shape index (κ1) is 34.4. The van der Waals surface area contributed by atoms with E-state index in [0.717, 1.165) is 23.4 Å². The standard InChI is InChI=1S/C28H35F2N3O2.C2HF3O2/c1-19(34)27(35)33(14-8-13-31)26(28(2,3)4)25-15-21(23-16-22(29)11-12-24(23)30)18-32(25)17-20-9-6-5-7-10-20;3-2(4,5)1(6)7/h5-7,9-12,15-16,18-19,26,34H,8,13-14,17,31H2,1-4H3;(H,6,7)/t19-,26-;/m0./s1. The molecule has 1 heterocycles. The summed E-state index contributed by atoms with van der Waals surface area (Å²) >= 11 is 0. The van der Waals surface area contributed by atoms with Crippen LogP contribution < -0.4 is 5.73 Å². The fourth-order valence-electron chi connectivity index (χ4n) is 4.48. The second-order valence-corrected chi connectivity index (χ2v) is 10.8. The molecule has 3 aromatic rings. The monoisotopic (exact) mass is 597 g/mol. The Morgan fingerprint density at radius 1 is 1.02 bits per heavy atom. The van der Waals surface area contributed by atoms with E-state index in [4.69, 9.17) is 15.6 Å². The average Bonchev–Trinajstić information content (AvgIpc) is 3.29. The van der Waals surface area contributed by atoms with Gasteiger partial charge in [0, 0.05) is 36.1 Å². The Hall–Kier alpha value is -3.77. The Labute approximate surface area is 241 Å². The van der Waals surface area contributed by atoms with Gasteiger partial charge in [-0.1, -0.05) is 51.1 Å². The number of alkyl halides is 3. The molecular weight excluding hydrogens is 561 g/mol. The quantitative estimate of drug-likeness (QED) is 0.272. The molecule has 0 fully saturated rings. The number of carbonyl (C=O) groups excluding carboxylic acids is 1. The fourth-order valence-corrected chi connectivity index (χ4v) is 4.48. The molecule has 0 bridgehead atoms. The smallest absolute Gasteiger partial charge is 0.475 e. The van der Waals surface area contributed by atoms with Crippen molar-refractivity contribution in [1.82, 2.24) is 9.47 Å². The number of hydrogen-bond donors (Lipinski definition) is 3. The summed E-state index contributed by atoms with van der Waals surface area (Å²) in [5.74, 6) is -4.21. The van der Waals surface area contributed by atoms with Crippen LogP contribution in [0.4, 0.5) is 22.0 Å². The maximum Gasteiger partial charge on any atom is 0.490 e.